The summed E-state index contributed by atoms with van der Waals surface area (Å²) in [4.78, 5) is 37.4. The molecule has 492 valence electrons. The fraction of sp³-hybridized carbons (Fsp3) is 0.853. The van der Waals surface area contributed by atoms with E-state index in [0.717, 1.165) is 51.4 Å². The van der Waals surface area contributed by atoms with E-state index >= 15 is 0 Å². The smallest absolute Gasteiger partial charge is 0.306 e. The summed E-state index contributed by atoms with van der Waals surface area (Å²) in [6.07, 6.45) is 82.2. The molecule has 9 nitrogen and oxygen atoms in total. The average molecular weight is 1180 g/mol. The standard InChI is InChI=1S/C75H139NO8/c1-6-8-10-12-14-16-18-20-22-24-26-27-28-29-30-31-32-33-34-35-36-37-38-39-40-41-42-43-44-45-46-47-48-50-52-54-56-58-60-62-64-66-73(78)84-71(70-83-75(74(79)80)81-68-67-76(3,4)5)69-82-72(77)65-63-61-59-57-55-53-51-49-25-23-21-19-17-15-13-11-9-7-2/h18,20,23-26,28-29,71,75H,6-17,19,21-22,27,30-70H2,1-5H3/b20-18-,25-23-,26-24-,29-28-. The van der Waals surface area contributed by atoms with Crippen molar-refractivity contribution in [1.82, 2.24) is 0 Å². The van der Waals surface area contributed by atoms with Gasteiger partial charge in [-0.15, -0.1) is 0 Å². The van der Waals surface area contributed by atoms with Gasteiger partial charge in [-0.1, -0.05) is 313 Å². The van der Waals surface area contributed by atoms with Crippen molar-refractivity contribution in [3.8, 4) is 0 Å². The van der Waals surface area contributed by atoms with Crippen molar-refractivity contribution in [1.29, 1.82) is 0 Å². The second-order valence-corrected chi connectivity index (χ2v) is 25.9. The first-order chi connectivity index (χ1) is 41.1. The molecule has 0 heterocycles. The molecule has 0 N–H and O–H groups in total. The van der Waals surface area contributed by atoms with Crippen LogP contribution in [0, 0.1) is 0 Å². The van der Waals surface area contributed by atoms with Gasteiger partial charge >= 0.3 is 11.9 Å². The van der Waals surface area contributed by atoms with Crippen LogP contribution in [-0.2, 0) is 33.3 Å². The number of carbonyl (C=O) groups is 3. The van der Waals surface area contributed by atoms with Crippen LogP contribution in [0.15, 0.2) is 48.6 Å². The summed E-state index contributed by atoms with van der Waals surface area (Å²) in [7, 11) is 5.94. The van der Waals surface area contributed by atoms with Crippen LogP contribution in [0.5, 0.6) is 0 Å². The number of hydrogen-bond donors (Lipinski definition) is 0. The van der Waals surface area contributed by atoms with Crippen molar-refractivity contribution in [3.63, 3.8) is 0 Å². The summed E-state index contributed by atoms with van der Waals surface area (Å²) < 4.78 is 22.8. The van der Waals surface area contributed by atoms with Crippen LogP contribution >= 0.6 is 0 Å². The van der Waals surface area contributed by atoms with Crippen molar-refractivity contribution >= 4 is 17.9 Å². The summed E-state index contributed by atoms with van der Waals surface area (Å²) in [6, 6.07) is 0. The number of carbonyl (C=O) groups excluding carboxylic acids is 3. The Morgan fingerprint density at radius 1 is 0.357 bits per heavy atom. The number of likely N-dealkylation sites (N-methyl/N-ethyl adjacent to an activating group) is 1. The van der Waals surface area contributed by atoms with Gasteiger partial charge in [0.2, 0.25) is 0 Å². The number of carboxylic acid groups (broad SMARTS) is 1. The van der Waals surface area contributed by atoms with E-state index in [1.165, 1.54) is 276 Å². The predicted octanol–water partition coefficient (Wildman–Crippen LogP) is 21.2. The molecule has 0 aromatic heterocycles. The maximum Gasteiger partial charge on any atom is 0.306 e. The molecular weight excluding hydrogens is 1040 g/mol. The lowest BCUT2D eigenvalue weighted by atomic mass is 10.0. The fourth-order valence-electron chi connectivity index (χ4n) is 10.7. The zero-order valence-electron chi connectivity index (χ0n) is 56.3. The van der Waals surface area contributed by atoms with Gasteiger partial charge in [0.15, 0.2) is 12.4 Å². The minimum atomic E-state index is -1.62. The van der Waals surface area contributed by atoms with Gasteiger partial charge in [-0.05, 0) is 77.0 Å². The molecule has 2 atom stereocenters. The number of nitrogens with zero attached hydrogens (tertiary/aromatic N) is 1. The maximum absolute atomic E-state index is 12.9. The minimum absolute atomic E-state index is 0.149. The highest BCUT2D eigenvalue weighted by Gasteiger charge is 2.22. The highest BCUT2D eigenvalue weighted by molar-refractivity contribution is 5.70. The Kier molecular flexibility index (Phi) is 64.0. The summed E-state index contributed by atoms with van der Waals surface area (Å²) >= 11 is 0. The second-order valence-electron chi connectivity index (χ2n) is 25.9. The zero-order valence-corrected chi connectivity index (χ0v) is 56.3. The lowest BCUT2D eigenvalue weighted by molar-refractivity contribution is -0.870. The predicted molar refractivity (Wildman–Crippen MR) is 357 cm³/mol. The normalized spacial score (nSPS) is 12.9. The number of esters is 2. The van der Waals surface area contributed by atoms with E-state index in [0.29, 0.717) is 17.4 Å². The Morgan fingerprint density at radius 2 is 0.643 bits per heavy atom. The van der Waals surface area contributed by atoms with Crippen LogP contribution in [0.1, 0.15) is 354 Å². The van der Waals surface area contributed by atoms with Gasteiger partial charge in [-0.3, -0.25) is 9.59 Å². The average Bonchev–Trinajstić information content (AvgIpc) is 3.52. The lowest BCUT2D eigenvalue weighted by Gasteiger charge is -2.26. The van der Waals surface area contributed by atoms with Crippen LogP contribution in [0.25, 0.3) is 0 Å². The molecule has 0 saturated heterocycles. The molecular formula is C75H139NO8. The first-order valence-corrected chi connectivity index (χ1v) is 36.3. The summed E-state index contributed by atoms with van der Waals surface area (Å²) in [5.41, 5.74) is 0. The third-order valence-electron chi connectivity index (χ3n) is 16.3. The molecule has 0 aliphatic carbocycles. The van der Waals surface area contributed by atoms with E-state index in [9.17, 15) is 19.5 Å². The molecule has 0 aromatic carbocycles. The Morgan fingerprint density at radius 3 is 0.964 bits per heavy atom. The largest absolute Gasteiger partial charge is 0.545 e. The van der Waals surface area contributed by atoms with Gasteiger partial charge in [0, 0.05) is 12.8 Å². The lowest BCUT2D eigenvalue weighted by Crippen LogP contribution is -2.44. The van der Waals surface area contributed by atoms with Crippen molar-refractivity contribution in [2.24, 2.45) is 0 Å². The quantitative estimate of drug-likeness (QED) is 0.0195. The van der Waals surface area contributed by atoms with Gasteiger partial charge in [0.25, 0.3) is 0 Å². The highest BCUT2D eigenvalue weighted by Crippen LogP contribution is 2.18. The molecule has 84 heavy (non-hydrogen) atoms. The van der Waals surface area contributed by atoms with E-state index in [4.69, 9.17) is 18.9 Å². The molecule has 0 fully saturated rings. The summed E-state index contributed by atoms with van der Waals surface area (Å²) in [5, 5.41) is 11.8. The molecule has 0 amide bonds. The number of allylic oxidation sites excluding steroid dienone is 8. The summed E-state index contributed by atoms with van der Waals surface area (Å²) in [5.74, 6) is -2.27. The number of rotatable bonds is 68. The fourth-order valence-corrected chi connectivity index (χ4v) is 10.7. The Labute approximate surface area is 521 Å². The summed E-state index contributed by atoms with van der Waals surface area (Å²) in [6.45, 7) is 4.78. The molecule has 9 heteroatoms. The number of ether oxygens (including phenoxy) is 4. The van der Waals surface area contributed by atoms with E-state index in [1.54, 1.807) is 0 Å². The van der Waals surface area contributed by atoms with Crippen LogP contribution in [0.2, 0.25) is 0 Å². The molecule has 0 aliphatic heterocycles. The number of quaternary nitrogens is 1. The number of hydrogen-bond acceptors (Lipinski definition) is 8. The van der Waals surface area contributed by atoms with Gasteiger partial charge in [0.05, 0.1) is 40.3 Å². The molecule has 0 aromatic rings. The molecule has 0 saturated carbocycles. The van der Waals surface area contributed by atoms with Crippen molar-refractivity contribution in [2.75, 3.05) is 47.5 Å². The van der Waals surface area contributed by atoms with Crippen molar-refractivity contribution in [2.45, 2.75) is 367 Å². The number of aliphatic carboxylic acids is 1. The van der Waals surface area contributed by atoms with E-state index in [-0.39, 0.29) is 32.2 Å². The molecule has 0 aliphatic rings. The molecule has 0 spiro atoms. The van der Waals surface area contributed by atoms with Crippen LogP contribution < -0.4 is 5.11 Å². The van der Waals surface area contributed by atoms with Crippen LogP contribution in [0.3, 0.4) is 0 Å². The van der Waals surface area contributed by atoms with Crippen LogP contribution in [-0.4, -0.2) is 82.3 Å². The molecule has 0 rings (SSSR count). The minimum Gasteiger partial charge on any atom is -0.545 e. The molecule has 2 unspecified atom stereocenters. The van der Waals surface area contributed by atoms with E-state index < -0.39 is 24.3 Å². The van der Waals surface area contributed by atoms with E-state index in [2.05, 4.69) is 62.5 Å². The third kappa shape index (κ3) is 66.8. The third-order valence-corrected chi connectivity index (χ3v) is 16.3. The Bertz CT molecular complexity index is 1520. The van der Waals surface area contributed by atoms with Crippen molar-refractivity contribution < 1.29 is 42.9 Å². The first kappa shape index (κ1) is 81.2. The SMILES string of the molecule is CCCCCCC/C=C\C/C=C\C/C=C\CCCCCCCCCCCCCCCCCCCCCCCCCCCCC(=O)OC(COC(=O)CCCCCCCCC/C=C\CCCCCCCCC)COC(OCC[N+](C)(C)C)C(=O)[O-]. The second kappa shape index (κ2) is 66.2. The van der Waals surface area contributed by atoms with Gasteiger partial charge < -0.3 is 33.3 Å². The maximum atomic E-state index is 12.9. The highest BCUT2D eigenvalue weighted by atomic mass is 16.7. The molecule has 0 bridgehead atoms. The van der Waals surface area contributed by atoms with Crippen molar-refractivity contribution in [3.05, 3.63) is 48.6 Å². The van der Waals surface area contributed by atoms with Gasteiger partial charge in [-0.25, -0.2) is 0 Å². The Hall–Kier alpha value is -2.75. The zero-order chi connectivity index (χ0) is 61.2. The first-order valence-electron chi connectivity index (χ1n) is 36.3. The van der Waals surface area contributed by atoms with E-state index in [1.807, 2.05) is 21.1 Å². The molecule has 0 radical (unpaired) electrons. The monoisotopic (exact) mass is 1180 g/mol. The van der Waals surface area contributed by atoms with Gasteiger partial charge in [-0.2, -0.15) is 0 Å². The number of carboxylic acids is 1. The topological polar surface area (TPSA) is 111 Å². The van der Waals surface area contributed by atoms with Gasteiger partial charge in [0.1, 0.15) is 13.2 Å². The van der Waals surface area contributed by atoms with Crippen LogP contribution in [0.4, 0.5) is 0 Å². The Balaban J connectivity index is 3.94. The number of unbranched alkanes of at least 4 members (excludes halogenated alkanes) is 45.